The molecule has 38 atom stereocenters. The maximum Gasteiger partial charge on any atom is 0.364 e. The van der Waals surface area contributed by atoms with Crippen LogP contribution in [0.25, 0.3) is 0 Å². The number of aliphatic carboxylic acids is 3. The lowest BCUT2D eigenvalue weighted by molar-refractivity contribution is -0.394. The van der Waals surface area contributed by atoms with Crippen molar-refractivity contribution < 1.29 is 223 Å². The number of amides is 4. The Morgan fingerprint density at radius 2 is 0.704 bits per heavy atom. The van der Waals surface area contributed by atoms with E-state index in [0.717, 1.165) is 27.7 Å². The first-order valence-electron chi connectivity index (χ1n) is 33.5. The molecule has 49 nitrogen and oxygen atoms in total. The third kappa shape index (κ3) is 19.7. The highest BCUT2D eigenvalue weighted by molar-refractivity contribution is 5.78. The predicted octanol–water partition coefficient (Wildman–Crippen LogP) is -18.1. The van der Waals surface area contributed by atoms with Gasteiger partial charge in [0.25, 0.3) is 17.4 Å². The van der Waals surface area contributed by atoms with E-state index in [2.05, 4.69) is 21.3 Å². The largest absolute Gasteiger partial charge is 0.477 e. The Hall–Kier alpha value is -5.11. The topological polar surface area (TPSA) is 793 Å². The van der Waals surface area contributed by atoms with Crippen LogP contribution in [0.5, 0.6) is 0 Å². The van der Waals surface area contributed by atoms with Gasteiger partial charge < -0.3 is 211 Å². The second-order valence-corrected chi connectivity index (χ2v) is 26.9. The third-order valence-corrected chi connectivity index (χ3v) is 19.1. The number of aliphatic hydroxyl groups is 22. The molecular weight excluding hydrogens is 1480 g/mol. The monoisotopic (exact) mass is 1580 g/mol. The number of carbonyl (C=O) groups excluding carboxylic acids is 4. The van der Waals surface area contributed by atoms with Crippen molar-refractivity contribution in [2.24, 2.45) is 0 Å². The van der Waals surface area contributed by atoms with Crippen LogP contribution in [-0.2, 0) is 95.1 Å². The first-order valence-corrected chi connectivity index (χ1v) is 33.5. The molecule has 0 aromatic carbocycles. The number of hydrogen-bond acceptors (Lipinski definition) is 42. The number of hydrogen-bond donors (Lipinski definition) is 29. The van der Waals surface area contributed by atoms with Crippen LogP contribution in [-0.4, -0.2) is 447 Å². The van der Waals surface area contributed by atoms with Gasteiger partial charge in [0.1, 0.15) is 153 Å². The van der Waals surface area contributed by atoms with Crippen LogP contribution >= 0.6 is 0 Å². The summed E-state index contributed by atoms with van der Waals surface area (Å²) in [6.45, 7) is -5.61. The van der Waals surface area contributed by atoms with E-state index in [-0.39, 0.29) is 0 Å². The van der Waals surface area contributed by atoms with E-state index >= 15 is 0 Å². The lowest BCUT2D eigenvalue weighted by Crippen LogP contribution is -2.72. The zero-order valence-electron chi connectivity index (χ0n) is 57.6. The summed E-state index contributed by atoms with van der Waals surface area (Å²) in [7, 11) is 0. The maximum atomic E-state index is 13.7. The Morgan fingerprint density at radius 3 is 1.07 bits per heavy atom. The van der Waals surface area contributed by atoms with E-state index < -0.39 is 339 Å². The lowest BCUT2D eigenvalue weighted by atomic mass is 9.88. The molecular formula is C59H96N4O45. The minimum atomic E-state index is -3.55. The average molecular weight is 1580 g/mol. The molecule has 7 aliphatic rings. The summed E-state index contributed by atoms with van der Waals surface area (Å²) in [5, 5.41) is 284. The zero-order chi connectivity index (χ0) is 80.8. The number of rotatable bonds is 32. The van der Waals surface area contributed by atoms with Gasteiger partial charge >= 0.3 is 17.9 Å². The van der Waals surface area contributed by atoms with Crippen LogP contribution in [0.3, 0.4) is 0 Å². The van der Waals surface area contributed by atoms with Crippen LogP contribution in [0, 0.1) is 0 Å². The van der Waals surface area contributed by atoms with Crippen molar-refractivity contribution in [3.63, 3.8) is 0 Å². The number of carbonyl (C=O) groups is 7. The van der Waals surface area contributed by atoms with Crippen LogP contribution in [0.1, 0.15) is 47.0 Å². The molecule has 7 fully saturated rings. The number of carboxylic acid groups (broad SMARTS) is 3. The molecule has 0 spiro atoms. The molecule has 622 valence electrons. The van der Waals surface area contributed by atoms with Gasteiger partial charge in [0.05, 0.1) is 82.7 Å². The van der Waals surface area contributed by atoms with Gasteiger partial charge in [0.15, 0.2) is 25.2 Å². The predicted molar refractivity (Wildman–Crippen MR) is 330 cm³/mol. The minimum absolute atomic E-state index is 0.794. The SMILES string of the molecule is CC(=O)N[C@H]1[C@H](O[C@H]2[C@@H](O)[C@@H](CO[C@]3(C(=O)O)C[C@H](O)[C@@H](NC(C)=O)[C@H]([C@H](O)[C@H](O)CO)O3)O[C@@H](O[C@H]3[C@H](O)[C@@H](O)C(O)O[C@@H]3CO)[C@@H]2O)O[C@H](CO)[C@@H](O)[C@@H]1O[C@@H]1O[C@H](CO[C@]2(C(=O)O)C[C@H](O)[C@@H](NC(C)=O)[C@H]([C@H](O)[C@H](O)CO)O2)[C@H](O)[C@H](O[C@]2(C(=O)O)C[C@H](O)[C@@H](NC(C)=O)[C@H]([C@H](O)[C@H](O)CO)O2)[C@H]1O. The maximum absolute atomic E-state index is 13.7. The highest BCUT2D eigenvalue weighted by Gasteiger charge is 2.64. The van der Waals surface area contributed by atoms with Crippen molar-refractivity contribution in [1.82, 2.24) is 21.3 Å². The van der Waals surface area contributed by atoms with Crippen LogP contribution in [0.4, 0.5) is 0 Å². The fourth-order valence-corrected chi connectivity index (χ4v) is 13.5. The summed E-state index contributed by atoms with van der Waals surface area (Å²) >= 11 is 0. The second-order valence-electron chi connectivity index (χ2n) is 26.9. The molecule has 0 radical (unpaired) electrons. The summed E-state index contributed by atoms with van der Waals surface area (Å²) in [6, 6.07) is -7.73. The molecule has 0 saturated carbocycles. The number of ether oxygens (including phenoxy) is 13. The molecule has 0 aromatic heterocycles. The first-order chi connectivity index (χ1) is 50.5. The van der Waals surface area contributed by atoms with Gasteiger partial charge in [-0.3, -0.25) is 19.2 Å². The molecule has 108 heavy (non-hydrogen) atoms. The Morgan fingerprint density at radius 1 is 0.380 bits per heavy atom. The summed E-state index contributed by atoms with van der Waals surface area (Å²) in [4.78, 5) is 90.7. The summed E-state index contributed by atoms with van der Waals surface area (Å²) in [5.74, 6) is -20.7. The highest BCUT2D eigenvalue weighted by atomic mass is 16.8. The summed E-state index contributed by atoms with van der Waals surface area (Å²) < 4.78 is 75.4. The van der Waals surface area contributed by atoms with Gasteiger partial charge in [-0.05, 0) is 0 Å². The molecule has 49 heteroatoms. The van der Waals surface area contributed by atoms with Crippen LogP contribution < -0.4 is 21.3 Å². The van der Waals surface area contributed by atoms with E-state index in [9.17, 15) is 161 Å². The molecule has 7 heterocycles. The molecule has 7 rings (SSSR count). The van der Waals surface area contributed by atoms with E-state index in [0.29, 0.717) is 0 Å². The summed E-state index contributed by atoms with van der Waals surface area (Å²) in [6.07, 6.45) is -76.9. The summed E-state index contributed by atoms with van der Waals surface area (Å²) in [5.41, 5.74) is 0. The van der Waals surface area contributed by atoms with Crippen LogP contribution in [0.2, 0.25) is 0 Å². The number of aliphatic hydroxyl groups excluding tert-OH is 22. The van der Waals surface area contributed by atoms with Crippen molar-refractivity contribution in [3.8, 4) is 0 Å². The fraction of sp³-hybridized carbons (Fsp3) is 0.881. The molecule has 0 aliphatic carbocycles. The minimum Gasteiger partial charge on any atom is -0.477 e. The average Bonchev–Trinajstić information content (AvgIpc) is 0.772. The standard InChI is InChI=1S/C59H96N4O45/c1-15(69)60-29-19(73)5-57(54(90)91,105-45(29)33(79)22(76)8-64)96-13-27-37(83)48(41(87)52(100-27)102-43-26(12-68)98-50(89)40(86)39(43)85)104-51-32(63-18(4)72)44(36(82)25(11-67)99-51)103-53-42(88)49(108-59(56(94)95)7-21(75)31(62-17(3)71)47(107-59)35(81)24(78)10-66)38(84)28(101-53)14-97-58(55(92)93)6-20(74)30(61-16(2)70)46(106-58)34(80)23(77)9-65/h19-53,64-68,73-89H,5-14H2,1-4H3,(H,60,69)(H,61,70)(H,62,71)(H,63,72)(H,90,91)(H,92,93)(H,94,95)/t19-,20-,21-,22+,23+,24+,25+,26+,27+,28+,29+,30+,31+,32+,33+,34+,35+,36+,37-,38-,39+,40+,41+,42+,43+,44+,45+,46+,47+,48-,49-,50?,51-,52-,53-,57+,58+,59-/m0/s1. The van der Waals surface area contributed by atoms with Gasteiger partial charge in [-0.25, -0.2) is 14.4 Å². The first kappa shape index (κ1) is 90.1. The second kappa shape index (κ2) is 37.7. The molecule has 29 N–H and O–H groups in total. The van der Waals surface area contributed by atoms with Gasteiger partial charge in [-0.1, -0.05) is 0 Å². The quantitative estimate of drug-likeness (QED) is 0.0297. The van der Waals surface area contributed by atoms with Crippen molar-refractivity contribution in [2.45, 2.75) is 278 Å². The van der Waals surface area contributed by atoms with Crippen molar-refractivity contribution >= 4 is 41.5 Å². The van der Waals surface area contributed by atoms with Crippen molar-refractivity contribution in [2.75, 3.05) is 46.2 Å². The number of carboxylic acids is 3. The van der Waals surface area contributed by atoms with Crippen molar-refractivity contribution in [1.29, 1.82) is 0 Å². The molecule has 7 aliphatic heterocycles. The Labute approximate surface area is 609 Å². The van der Waals surface area contributed by atoms with E-state index in [4.69, 9.17) is 61.6 Å². The zero-order valence-corrected chi connectivity index (χ0v) is 57.6. The van der Waals surface area contributed by atoms with Crippen LogP contribution in [0.15, 0.2) is 0 Å². The smallest absolute Gasteiger partial charge is 0.364 e. The molecule has 7 saturated heterocycles. The molecule has 0 aromatic rings. The van der Waals surface area contributed by atoms with E-state index in [1.807, 2.05) is 0 Å². The van der Waals surface area contributed by atoms with Gasteiger partial charge in [-0.2, -0.15) is 0 Å². The Kier molecular flexibility index (Phi) is 31.4. The van der Waals surface area contributed by atoms with E-state index in [1.54, 1.807) is 0 Å². The van der Waals surface area contributed by atoms with Crippen molar-refractivity contribution in [3.05, 3.63) is 0 Å². The third-order valence-electron chi connectivity index (χ3n) is 19.1. The van der Waals surface area contributed by atoms with Gasteiger partial charge in [0, 0.05) is 47.0 Å². The van der Waals surface area contributed by atoms with Gasteiger partial charge in [-0.15, -0.1) is 0 Å². The van der Waals surface area contributed by atoms with Gasteiger partial charge in [0.2, 0.25) is 23.6 Å². The Balaban J connectivity index is 1.32. The molecule has 4 amide bonds. The number of nitrogens with one attached hydrogen (secondary N) is 4. The van der Waals surface area contributed by atoms with E-state index in [1.165, 1.54) is 0 Å². The normalized spacial score (nSPS) is 43.4. The molecule has 0 bridgehead atoms. The molecule has 1 unspecified atom stereocenters. The fourth-order valence-electron chi connectivity index (χ4n) is 13.5. The highest BCUT2D eigenvalue weighted by Crippen LogP contribution is 2.43. The Bertz CT molecular complexity index is 3010. The lowest BCUT2D eigenvalue weighted by Gasteiger charge is -2.52.